The van der Waals surface area contributed by atoms with Crippen molar-refractivity contribution in [1.82, 2.24) is 4.90 Å². The van der Waals surface area contributed by atoms with Crippen molar-refractivity contribution < 1.29 is 19.1 Å². The largest absolute Gasteiger partial charge is 0.465 e. The molecule has 34 heavy (non-hydrogen) atoms. The van der Waals surface area contributed by atoms with E-state index in [1.807, 2.05) is 45.3 Å². The van der Waals surface area contributed by atoms with Crippen LogP contribution in [0.1, 0.15) is 42.6 Å². The summed E-state index contributed by atoms with van der Waals surface area (Å²) in [5, 5.41) is 6.20. The van der Waals surface area contributed by atoms with E-state index in [0.29, 0.717) is 29.8 Å². The van der Waals surface area contributed by atoms with Crippen LogP contribution in [0, 0.1) is 0 Å². The molecule has 0 unspecified atom stereocenters. The summed E-state index contributed by atoms with van der Waals surface area (Å²) in [5.74, 6) is -0.673. The molecule has 0 saturated heterocycles. The summed E-state index contributed by atoms with van der Waals surface area (Å²) in [5.41, 5.74) is 4.67. The molecule has 1 aliphatic rings. The number of anilines is 3. The van der Waals surface area contributed by atoms with Gasteiger partial charge >= 0.3 is 5.97 Å². The van der Waals surface area contributed by atoms with Gasteiger partial charge in [0.15, 0.2) is 0 Å². The van der Waals surface area contributed by atoms with Crippen LogP contribution in [0.5, 0.6) is 0 Å². The molecule has 3 rings (SSSR count). The van der Waals surface area contributed by atoms with Gasteiger partial charge in [0.05, 0.1) is 23.9 Å². The van der Waals surface area contributed by atoms with Crippen LogP contribution in [0.2, 0.25) is 0 Å². The Balaban J connectivity index is 1.82. The molecule has 2 aromatic carbocycles. The molecule has 1 aliphatic heterocycles. The molecule has 0 aliphatic carbocycles. The molecule has 0 bridgehead atoms. The van der Waals surface area contributed by atoms with Gasteiger partial charge in [-0.15, -0.1) is 0 Å². The molecule has 0 fully saturated rings. The van der Waals surface area contributed by atoms with Gasteiger partial charge in [0.1, 0.15) is 0 Å². The second kappa shape index (κ2) is 11.0. The van der Waals surface area contributed by atoms with Crippen LogP contribution in [0.4, 0.5) is 17.1 Å². The Bertz CT molecular complexity index is 1110. The van der Waals surface area contributed by atoms with Gasteiger partial charge in [-0.3, -0.25) is 9.59 Å². The first kappa shape index (κ1) is 25.0. The maximum Gasteiger partial charge on any atom is 0.337 e. The minimum absolute atomic E-state index is 0.00129. The summed E-state index contributed by atoms with van der Waals surface area (Å²) in [7, 11) is 5.35. The Hall–Kier alpha value is -3.65. The lowest BCUT2D eigenvalue weighted by atomic mass is 10.0. The van der Waals surface area contributed by atoms with E-state index in [-0.39, 0.29) is 11.8 Å². The summed E-state index contributed by atoms with van der Waals surface area (Å²) in [6.07, 6.45) is 1.48. The van der Waals surface area contributed by atoms with Crippen LogP contribution < -0.4 is 15.5 Å². The molecule has 2 amide bonds. The zero-order valence-electron chi connectivity index (χ0n) is 20.4. The third kappa shape index (κ3) is 5.63. The first-order valence-electron chi connectivity index (χ1n) is 11.3. The van der Waals surface area contributed by atoms with Gasteiger partial charge in [0.25, 0.3) is 5.91 Å². The Morgan fingerprint density at radius 1 is 1.06 bits per heavy atom. The molecule has 0 atom stereocenters. The van der Waals surface area contributed by atoms with E-state index in [0.717, 1.165) is 35.6 Å². The monoisotopic (exact) mass is 464 g/mol. The summed E-state index contributed by atoms with van der Waals surface area (Å²) < 4.78 is 4.77. The first-order valence-corrected chi connectivity index (χ1v) is 11.3. The fourth-order valence-electron chi connectivity index (χ4n) is 3.96. The number of hydrogen-bond acceptors (Lipinski definition) is 6. The van der Waals surface area contributed by atoms with E-state index in [2.05, 4.69) is 15.5 Å². The van der Waals surface area contributed by atoms with Gasteiger partial charge in [0, 0.05) is 36.1 Å². The van der Waals surface area contributed by atoms with E-state index >= 15 is 0 Å². The number of esters is 1. The molecular formula is C26H32N4O4. The number of amides is 2. The number of ether oxygens (including phenoxy) is 1. The summed E-state index contributed by atoms with van der Waals surface area (Å²) in [6, 6.07) is 12.7. The third-order valence-corrected chi connectivity index (χ3v) is 5.68. The average Bonchev–Trinajstić information content (AvgIpc) is 3.14. The Morgan fingerprint density at radius 3 is 2.35 bits per heavy atom. The number of carbonyl (C=O) groups excluding carboxylic acids is 3. The number of benzene rings is 2. The summed E-state index contributed by atoms with van der Waals surface area (Å²) in [6.45, 7) is 5.10. The van der Waals surface area contributed by atoms with Gasteiger partial charge in [-0.1, -0.05) is 13.0 Å². The number of methoxy groups -OCH3 is 1. The van der Waals surface area contributed by atoms with Crippen molar-refractivity contribution in [1.29, 1.82) is 0 Å². The second-order valence-corrected chi connectivity index (χ2v) is 8.41. The number of carbonyl (C=O) groups is 3. The number of rotatable bonds is 9. The highest BCUT2D eigenvalue weighted by atomic mass is 16.5. The molecule has 0 spiro atoms. The molecule has 0 saturated carbocycles. The van der Waals surface area contributed by atoms with Crippen LogP contribution >= 0.6 is 0 Å². The number of fused-ring (bicyclic) bond motifs is 1. The van der Waals surface area contributed by atoms with Crippen molar-refractivity contribution in [2.75, 3.05) is 49.8 Å². The van der Waals surface area contributed by atoms with Crippen molar-refractivity contribution in [3.63, 3.8) is 0 Å². The van der Waals surface area contributed by atoms with Crippen molar-refractivity contribution in [3.8, 4) is 0 Å². The topological polar surface area (TPSA) is 91.0 Å². The van der Waals surface area contributed by atoms with Crippen LogP contribution in [0.25, 0.3) is 5.57 Å². The Kier molecular flexibility index (Phi) is 8.07. The smallest absolute Gasteiger partial charge is 0.337 e. The van der Waals surface area contributed by atoms with E-state index in [1.165, 1.54) is 7.11 Å². The number of nitrogens with zero attached hydrogens (tertiary/aromatic N) is 2. The molecular weight excluding hydrogens is 432 g/mol. The van der Waals surface area contributed by atoms with Crippen molar-refractivity contribution >= 4 is 40.4 Å². The molecule has 2 N–H and O–H groups in total. The predicted molar refractivity (Wildman–Crippen MR) is 135 cm³/mol. The molecule has 2 aromatic rings. The molecule has 0 aromatic heterocycles. The van der Waals surface area contributed by atoms with Crippen LogP contribution in [0.3, 0.4) is 0 Å². The maximum absolute atomic E-state index is 12.8. The summed E-state index contributed by atoms with van der Waals surface area (Å²) in [4.78, 5) is 40.6. The highest BCUT2D eigenvalue weighted by molar-refractivity contribution is 6.32. The van der Waals surface area contributed by atoms with E-state index in [9.17, 15) is 14.4 Å². The maximum atomic E-state index is 12.8. The van der Waals surface area contributed by atoms with Gasteiger partial charge in [-0.25, -0.2) is 4.79 Å². The highest BCUT2D eigenvalue weighted by Gasteiger charge is 2.28. The fraction of sp³-hybridized carbons (Fsp3) is 0.346. The van der Waals surface area contributed by atoms with Crippen molar-refractivity contribution in [2.45, 2.75) is 26.7 Å². The minimum atomic E-state index is -0.454. The zero-order chi connectivity index (χ0) is 24.8. The lowest BCUT2D eigenvalue weighted by Crippen LogP contribution is -2.31. The second-order valence-electron chi connectivity index (χ2n) is 8.41. The molecule has 8 nitrogen and oxygen atoms in total. The van der Waals surface area contributed by atoms with Gasteiger partial charge in [-0.05, 0) is 69.9 Å². The first-order chi connectivity index (χ1) is 16.2. The lowest BCUT2D eigenvalue weighted by molar-refractivity contribution is -0.116. The van der Waals surface area contributed by atoms with Gasteiger partial charge < -0.3 is 25.2 Å². The molecule has 1 heterocycles. The van der Waals surface area contributed by atoms with Crippen LogP contribution in [0.15, 0.2) is 48.2 Å². The summed E-state index contributed by atoms with van der Waals surface area (Å²) >= 11 is 0. The number of hydrogen-bond donors (Lipinski definition) is 2. The van der Waals surface area contributed by atoms with Crippen LogP contribution in [-0.4, -0.2) is 57.0 Å². The zero-order valence-corrected chi connectivity index (χ0v) is 20.4. The standard InChI is InChI=1S/C26H32N4O4/c1-6-22(24-21-13-8-18(26(33)34-5)16-23(21)28-25(24)32)27-19-9-11-20(12-10-19)30(17(2)31)15-7-14-29(3)4/h8-13,16,27H,6-7,14-15H2,1-5H3,(H,28,32)/b24-22-. The minimum Gasteiger partial charge on any atom is -0.465 e. The fourth-order valence-corrected chi connectivity index (χ4v) is 3.96. The Labute approximate surface area is 200 Å². The molecule has 180 valence electrons. The van der Waals surface area contributed by atoms with E-state index < -0.39 is 5.97 Å². The Morgan fingerprint density at radius 2 is 1.76 bits per heavy atom. The van der Waals surface area contributed by atoms with E-state index in [1.54, 1.807) is 30.0 Å². The van der Waals surface area contributed by atoms with Crippen molar-refractivity contribution in [2.24, 2.45) is 0 Å². The lowest BCUT2D eigenvalue weighted by Gasteiger charge is -2.22. The average molecular weight is 465 g/mol. The predicted octanol–water partition coefficient (Wildman–Crippen LogP) is 3.96. The number of nitrogens with one attached hydrogen (secondary N) is 2. The molecule has 8 heteroatoms. The SMILES string of the molecule is CC/C(Nc1ccc(N(CCCN(C)C)C(C)=O)cc1)=C1/C(=O)Nc2cc(C(=O)OC)ccc21. The van der Waals surface area contributed by atoms with Crippen LogP contribution in [-0.2, 0) is 14.3 Å². The molecule has 0 radical (unpaired) electrons. The van der Waals surface area contributed by atoms with E-state index in [4.69, 9.17) is 4.74 Å². The normalized spacial score (nSPS) is 13.9. The third-order valence-electron chi connectivity index (χ3n) is 5.68. The van der Waals surface area contributed by atoms with Gasteiger partial charge in [0.2, 0.25) is 5.91 Å². The highest BCUT2D eigenvalue weighted by Crippen LogP contribution is 2.36. The van der Waals surface area contributed by atoms with Crippen molar-refractivity contribution in [3.05, 3.63) is 59.3 Å². The quantitative estimate of drug-likeness (QED) is 0.431. The number of allylic oxidation sites excluding steroid dienone is 1. The van der Waals surface area contributed by atoms with Gasteiger partial charge in [-0.2, -0.15) is 0 Å².